The van der Waals surface area contributed by atoms with Gasteiger partial charge in [0.1, 0.15) is 0 Å². The van der Waals surface area contributed by atoms with Crippen molar-refractivity contribution in [3.63, 3.8) is 0 Å². The summed E-state index contributed by atoms with van der Waals surface area (Å²) >= 11 is 0. The molecule has 4 aliphatic carbocycles. The number of carbonyl (C=O) groups is 1. The first-order valence-corrected chi connectivity index (χ1v) is 18.1. The molecule has 2 nitrogen and oxygen atoms in total. The lowest BCUT2D eigenvalue weighted by Gasteiger charge is -2.61. The third-order valence-corrected chi connectivity index (χ3v) is 13.1. The minimum absolute atomic E-state index is 0.0478. The summed E-state index contributed by atoms with van der Waals surface area (Å²) in [6, 6.07) is 0. The Hall–Kier alpha value is -0.530. The smallest absolute Gasteiger partial charge is 0.305 e. The van der Waals surface area contributed by atoms with E-state index in [4.69, 9.17) is 4.74 Å². The van der Waals surface area contributed by atoms with Crippen LogP contribution in [0.15, 0.2) is 0 Å². The van der Waals surface area contributed by atoms with Gasteiger partial charge in [-0.3, -0.25) is 4.79 Å². The molecular weight excluding hydrogens is 476 g/mol. The van der Waals surface area contributed by atoms with Gasteiger partial charge in [0.15, 0.2) is 0 Å². The second kappa shape index (κ2) is 15.1. The Morgan fingerprint density at radius 1 is 0.744 bits per heavy atom. The van der Waals surface area contributed by atoms with Crippen molar-refractivity contribution in [2.75, 3.05) is 6.61 Å². The molecule has 0 bridgehead atoms. The Balaban J connectivity index is 1.10. The first-order valence-electron chi connectivity index (χ1n) is 18.1. The van der Waals surface area contributed by atoms with Gasteiger partial charge in [0, 0.05) is 6.42 Å². The second-order valence-electron chi connectivity index (χ2n) is 15.4. The van der Waals surface area contributed by atoms with Crippen molar-refractivity contribution in [3.8, 4) is 0 Å². The molecule has 0 N–H and O–H groups in total. The zero-order chi connectivity index (χ0) is 27.7. The highest BCUT2D eigenvalue weighted by atomic mass is 16.5. The Labute approximate surface area is 243 Å². The fourth-order valence-corrected chi connectivity index (χ4v) is 10.9. The summed E-state index contributed by atoms with van der Waals surface area (Å²) in [7, 11) is 0. The molecule has 0 aromatic rings. The zero-order valence-corrected chi connectivity index (χ0v) is 26.8. The van der Waals surface area contributed by atoms with Crippen LogP contribution in [0.25, 0.3) is 0 Å². The average molecular weight is 543 g/mol. The topological polar surface area (TPSA) is 26.3 Å². The van der Waals surface area contributed by atoms with Crippen molar-refractivity contribution in [2.24, 2.45) is 46.3 Å². The van der Waals surface area contributed by atoms with E-state index in [1.807, 2.05) is 0 Å². The van der Waals surface area contributed by atoms with Gasteiger partial charge in [0.05, 0.1) is 6.61 Å². The van der Waals surface area contributed by atoms with E-state index < -0.39 is 0 Å². The Morgan fingerprint density at radius 2 is 1.44 bits per heavy atom. The summed E-state index contributed by atoms with van der Waals surface area (Å²) in [5, 5.41) is 0. The van der Waals surface area contributed by atoms with Crippen LogP contribution in [-0.2, 0) is 9.53 Å². The molecule has 4 fully saturated rings. The lowest BCUT2D eigenvalue weighted by molar-refractivity contribution is -0.144. The molecule has 0 amide bonds. The van der Waals surface area contributed by atoms with Gasteiger partial charge in [-0.15, -0.1) is 0 Å². The molecule has 39 heavy (non-hydrogen) atoms. The number of hydrogen-bond donors (Lipinski definition) is 0. The Bertz CT molecular complexity index is 731. The highest BCUT2D eigenvalue weighted by molar-refractivity contribution is 5.69. The molecule has 8 atom stereocenters. The van der Waals surface area contributed by atoms with E-state index in [9.17, 15) is 4.79 Å². The van der Waals surface area contributed by atoms with Crippen LogP contribution in [0.2, 0.25) is 0 Å². The molecule has 4 aliphatic rings. The maximum Gasteiger partial charge on any atom is 0.305 e. The third-order valence-electron chi connectivity index (χ3n) is 13.1. The summed E-state index contributed by atoms with van der Waals surface area (Å²) in [6.45, 7) is 10.8. The summed E-state index contributed by atoms with van der Waals surface area (Å²) in [6.07, 6.45) is 31.0. The number of hydrogen-bond acceptors (Lipinski definition) is 2. The molecule has 0 spiro atoms. The van der Waals surface area contributed by atoms with Crippen LogP contribution in [0, 0.1) is 46.3 Å². The van der Waals surface area contributed by atoms with Crippen LogP contribution in [-0.4, -0.2) is 12.6 Å². The number of ether oxygens (including phenoxy) is 1. The summed E-state index contributed by atoms with van der Waals surface area (Å²) in [5.41, 5.74) is 1.20. The van der Waals surface area contributed by atoms with E-state index in [1.165, 1.54) is 128 Å². The average Bonchev–Trinajstić information content (AvgIpc) is 3.28. The van der Waals surface area contributed by atoms with Crippen molar-refractivity contribution < 1.29 is 9.53 Å². The van der Waals surface area contributed by atoms with Gasteiger partial charge in [0.2, 0.25) is 0 Å². The van der Waals surface area contributed by atoms with E-state index in [2.05, 4.69) is 27.7 Å². The largest absolute Gasteiger partial charge is 0.466 e. The molecule has 226 valence electrons. The minimum atomic E-state index is 0.0478. The van der Waals surface area contributed by atoms with Crippen LogP contribution >= 0.6 is 0 Å². The predicted molar refractivity (Wildman–Crippen MR) is 166 cm³/mol. The van der Waals surface area contributed by atoms with Crippen molar-refractivity contribution in [2.45, 2.75) is 175 Å². The molecule has 0 radical (unpaired) electrons. The molecule has 0 saturated heterocycles. The van der Waals surface area contributed by atoms with Gasteiger partial charge >= 0.3 is 5.97 Å². The first-order chi connectivity index (χ1) is 18.9. The lowest BCUT2D eigenvalue weighted by Crippen LogP contribution is -2.53. The number of carbonyl (C=O) groups excluding carboxylic acids is 1. The number of unbranched alkanes of at least 4 members (excludes halogenated alkanes) is 9. The third kappa shape index (κ3) is 7.66. The van der Waals surface area contributed by atoms with Crippen molar-refractivity contribution >= 4 is 5.97 Å². The summed E-state index contributed by atoms with van der Waals surface area (Å²) in [4.78, 5) is 12.4. The van der Waals surface area contributed by atoms with Crippen molar-refractivity contribution in [3.05, 3.63) is 0 Å². The minimum Gasteiger partial charge on any atom is -0.466 e. The van der Waals surface area contributed by atoms with Crippen molar-refractivity contribution in [1.29, 1.82) is 0 Å². The monoisotopic (exact) mass is 543 g/mol. The van der Waals surface area contributed by atoms with Crippen LogP contribution < -0.4 is 0 Å². The van der Waals surface area contributed by atoms with Gasteiger partial charge in [0.25, 0.3) is 0 Å². The van der Waals surface area contributed by atoms with Gasteiger partial charge < -0.3 is 4.74 Å². The second-order valence-corrected chi connectivity index (χ2v) is 15.4. The highest BCUT2D eigenvalue weighted by Gasteiger charge is 2.60. The fraction of sp³-hybridized carbons (Fsp3) is 0.973. The van der Waals surface area contributed by atoms with E-state index in [-0.39, 0.29) is 5.97 Å². The Morgan fingerprint density at radius 3 is 2.18 bits per heavy atom. The highest BCUT2D eigenvalue weighted by Crippen LogP contribution is 2.68. The molecule has 0 aromatic heterocycles. The molecule has 4 saturated carbocycles. The van der Waals surface area contributed by atoms with E-state index >= 15 is 0 Å². The molecule has 0 aliphatic heterocycles. The predicted octanol–water partition coefficient (Wildman–Crippen LogP) is 11.3. The summed E-state index contributed by atoms with van der Waals surface area (Å²) in [5.74, 6) is 5.66. The number of esters is 1. The maximum absolute atomic E-state index is 12.4. The van der Waals surface area contributed by atoms with Gasteiger partial charge in [-0.1, -0.05) is 98.3 Å². The standard InChI is InChI=1S/C37H66O2/c1-5-6-7-8-9-10-11-12-13-16-28-39-35(38)20-17-18-29(2)32-23-24-33-31-22-21-30-19-14-15-26-36(30,3)34(31)25-27-37(32,33)4/h29-34H,5-28H2,1-4H3/t29?,30?,31-,32+,33-,34-,36-,37+/m0/s1. The van der Waals surface area contributed by atoms with Crippen LogP contribution in [0.4, 0.5) is 0 Å². The van der Waals surface area contributed by atoms with Gasteiger partial charge in [-0.2, -0.15) is 0 Å². The molecule has 2 unspecified atom stereocenters. The van der Waals surface area contributed by atoms with E-state index in [0.29, 0.717) is 23.9 Å². The molecule has 4 rings (SSSR count). The van der Waals surface area contributed by atoms with Gasteiger partial charge in [-0.05, 0) is 117 Å². The van der Waals surface area contributed by atoms with Gasteiger partial charge in [-0.25, -0.2) is 0 Å². The molecular formula is C37H66O2. The summed E-state index contributed by atoms with van der Waals surface area (Å²) < 4.78 is 5.60. The fourth-order valence-electron chi connectivity index (χ4n) is 10.9. The quantitative estimate of drug-likeness (QED) is 0.143. The van der Waals surface area contributed by atoms with E-state index in [0.717, 1.165) is 48.3 Å². The zero-order valence-electron chi connectivity index (χ0n) is 26.8. The Kier molecular flexibility index (Phi) is 12.2. The van der Waals surface area contributed by atoms with Crippen LogP contribution in [0.1, 0.15) is 175 Å². The lowest BCUT2D eigenvalue weighted by atomic mass is 9.44. The molecule has 0 aromatic carbocycles. The SMILES string of the molecule is CCCCCCCCCCCCOC(=O)CCCC(C)[C@H]1CC[C@H]2[C@@H]3CCC4CCCC[C@]4(C)[C@H]3CC[C@]12C. The van der Waals surface area contributed by atoms with Crippen LogP contribution in [0.5, 0.6) is 0 Å². The normalized spacial score (nSPS) is 36.6. The van der Waals surface area contributed by atoms with E-state index in [1.54, 1.807) is 0 Å². The maximum atomic E-state index is 12.4. The van der Waals surface area contributed by atoms with Crippen LogP contribution in [0.3, 0.4) is 0 Å². The molecule has 0 heterocycles. The van der Waals surface area contributed by atoms with Crippen molar-refractivity contribution in [1.82, 2.24) is 0 Å². The molecule has 2 heteroatoms. The number of fused-ring (bicyclic) bond motifs is 5. The first kappa shape index (κ1) is 31.4. The number of rotatable bonds is 16.